The Labute approximate surface area is 136 Å². The summed E-state index contributed by atoms with van der Waals surface area (Å²) in [5.41, 5.74) is 0.808. The number of fused-ring (bicyclic) bond motifs is 1. The van der Waals surface area contributed by atoms with Gasteiger partial charge in [-0.3, -0.25) is 0 Å². The Morgan fingerprint density at radius 3 is 2.78 bits per heavy atom. The molecule has 0 unspecified atom stereocenters. The van der Waals surface area contributed by atoms with Crippen molar-refractivity contribution >= 4 is 27.1 Å². The van der Waals surface area contributed by atoms with E-state index in [2.05, 4.69) is 24.6 Å². The molecule has 0 amide bonds. The second-order valence-electron chi connectivity index (χ2n) is 5.91. The first-order chi connectivity index (χ1) is 10.9. The van der Waals surface area contributed by atoms with Crippen LogP contribution in [0.5, 0.6) is 0 Å². The maximum absolute atomic E-state index is 12.0. The quantitative estimate of drug-likeness (QED) is 0.809. The van der Waals surface area contributed by atoms with Gasteiger partial charge in [0.15, 0.2) is 0 Å². The van der Waals surface area contributed by atoms with Crippen LogP contribution in [0.25, 0.3) is 11.0 Å². The van der Waals surface area contributed by atoms with Crippen molar-refractivity contribution in [2.75, 3.05) is 25.5 Å². The number of aromatic amines is 1. The number of nitrogens with one attached hydrogen (secondary N) is 2. The van der Waals surface area contributed by atoms with E-state index in [1.807, 2.05) is 26.2 Å². The lowest BCUT2D eigenvalue weighted by atomic mass is 9.86. The average Bonchev–Trinajstić information content (AvgIpc) is 2.97. The maximum Gasteiger partial charge on any atom is 0.279 e. The molecule has 2 aromatic heterocycles. The van der Waals surface area contributed by atoms with Gasteiger partial charge in [0.25, 0.3) is 10.2 Å². The van der Waals surface area contributed by atoms with E-state index >= 15 is 0 Å². The molecule has 1 aliphatic carbocycles. The van der Waals surface area contributed by atoms with Gasteiger partial charge in [0.05, 0.1) is 5.39 Å². The third-order valence-corrected chi connectivity index (χ3v) is 6.21. The lowest BCUT2D eigenvalue weighted by Gasteiger charge is -2.42. The Kier molecular flexibility index (Phi) is 4.26. The fourth-order valence-corrected chi connectivity index (χ4v) is 3.92. The predicted octanol–water partition coefficient (Wildman–Crippen LogP) is 0.711. The van der Waals surface area contributed by atoms with Gasteiger partial charge in [0.2, 0.25) is 0 Å². The number of nitrogens with zero attached hydrogens (tertiary/aromatic N) is 4. The number of hydrogen-bond donors (Lipinski definition) is 2. The highest BCUT2D eigenvalue weighted by atomic mass is 32.2. The van der Waals surface area contributed by atoms with E-state index in [-0.39, 0.29) is 12.1 Å². The highest BCUT2D eigenvalue weighted by molar-refractivity contribution is 7.87. The second-order valence-corrected chi connectivity index (χ2v) is 7.72. The molecule has 2 aromatic rings. The largest absolute Gasteiger partial charge is 0.356 e. The molecule has 8 nitrogen and oxygen atoms in total. The first-order valence-electron chi connectivity index (χ1n) is 7.67. The van der Waals surface area contributed by atoms with E-state index in [1.54, 1.807) is 13.4 Å². The van der Waals surface area contributed by atoms with Crippen molar-refractivity contribution in [2.45, 2.75) is 31.8 Å². The molecule has 1 saturated carbocycles. The molecule has 0 aliphatic heterocycles. The summed E-state index contributed by atoms with van der Waals surface area (Å²) in [4.78, 5) is 13.7. The fraction of sp³-hybridized carbons (Fsp3) is 0.571. The summed E-state index contributed by atoms with van der Waals surface area (Å²) in [6.07, 6.45) is 4.92. The van der Waals surface area contributed by atoms with Gasteiger partial charge in [-0.25, -0.2) is 9.97 Å². The van der Waals surface area contributed by atoms with Crippen LogP contribution in [-0.2, 0) is 10.2 Å². The summed E-state index contributed by atoms with van der Waals surface area (Å²) in [7, 11) is 0.190. The molecule has 0 saturated heterocycles. The van der Waals surface area contributed by atoms with Crippen LogP contribution in [0.3, 0.4) is 0 Å². The molecule has 0 bridgehead atoms. The lowest BCUT2D eigenvalue weighted by Crippen LogP contribution is -2.55. The Bertz CT molecular complexity index is 783. The van der Waals surface area contributed by atoms with Crippen LogP contribution < -0.4 is 9.62 Å². The van der Waals surface area contributed by atoms with E-state index in [1.165, 1.54) is 4.31 Å². The molecule has 9 heteroatoms. The smallest absolute Gasteiger partial charge is 0.279 e. The molecule has 0 spiro atoms. The standard InChI is InChI=1S/C14H22N6O2S/c1-4-19(2)23(21,22)18-10-7-11(8-10)20(3)14-12-5-6-15-13(12)16-9-17-14/h5-6,9-11,18H,4,7-8H2,1-3H3,(H,15,16,17). The number of H-pyrrole nitrogens is 1. The van der Waals surface area contributed by atoms with Crippen LogP contribution in [0.4, 0.5) is 5.82 Å². The molecule has 23 heavy (non-hydrogen) atoms. The topological polar surface area (TPSA) is 94.2 Å². The minimum absolute atomic E-state index is 0.0231. The third kappa shape index (κ3) is 3.04. The van der Waals surface area contributed by atoms with Gasteiger partial charge < -0.3 is 9.88 Å². The van der Waals surface area contributed by atoms with Crippen LogP contribution in [0.2, 0.25) is 0 Å². The van der Waals surface area contributed by atoms with E-state index in [0.717, 1.165) is 29.7 Å². The van der Waals surface area contributed by atoms with Crippen LogP contribution in [-0.4, -0.2) is 60.4 Å². The highest BCUT2D eigenvalue weighted by Crippen LogP contribution is 2.31. The van der Waals surface area contributed by atoms with Crippen molar-refractivity contribution in [2.24, 2.45) is 0 Å². The van der Waals surface area contributed by atoms with Gasteiger partial charge in [-0.1, -0.05) is 6.92 Å². The first kappa shape index (κ1) is 16.2. The van der Waals surface area contributed by atoms with Gasteiger partial charge in [-0.05, 0) is 18.9 Å². The molecule has 0 aromatic carbocycles. The van der Waals surface area contributed by atoms with E-state index < -0.39 is 10.2 Å². The summed E-state index contributed by atoms with van der Waals surface area (Å²) in [5.74, 6) is 0.869. The molecular formula is C14H22N6O2S. The predicted molar refractivity (Wildman–Crippen MR) is 89.5 cm³/mol. The zero-order chi connectivity index (χ0) is 16.6. The minimum Gasteiger partial charge on any atom is -0.356 e. The van der Waals surface area contributed by atoms with Crippen molar-refractivity contribution in [3.05, 3.63) is 18.6 Å². The Hall–Kier alpha value is -1.71. The summed E-state index contributed by atoms with van der Waals surface area (Å²) >= 11 is 0. The monoisotopic (exact) mass is 338 g/mol. The summed E-state index contributed by atoms with van der Waals surface area (Å²) in [6.45, 7) is 2.27. The second kappa shape index (κ2) is 6.06. The normalized spacial score (nSPS) is 21.6. The van der Waals surface area contributed by atoms with Gasteiger partial charge in [-0.15, -0.1) is 0 Å². The number of anilines is 1. The Morgan fingerprint density at radius 1 is 1.35 bits per heavy atom. The fourth-order valence-electron chi connectivity index (χ4n) is 2.78. The number of rotatable bonds is 6. The van der Waals surface area contributed by atoms with Gasteiger partial charge in [-0.2, -0.15) is 17.4 Å². The summed E-state index contributed by atoms with van der Waals surface area (Å²) < 4.78 is 28.1. The molecule has 2 N–H and O–H groups in total. The Morgan fingerprint density at radius 2 is 2.09 bits per heavy atom. The van der Waals surface area contributed by atoms with Crippen molar-refractivity contribution in [1.82, 2.24) is 24.0 Å². The van der Waals surface area contributed by atoms with E-state index in [0.29, 0.717) is 6.54 Å². The summed E-state index contributed by atoms with van der Waals surface area (Å²) in [6, 6.07) is 2.20. The van der Waals surface area contributed by atoms with Crippen LogP contribution in [0.15, 0.2) is 18.6 Å². The number of hydrogen-bond acceptors (Lipinski definition) is 5. The zero-order valence-electron chi connectivity index (χ0n) is 13.5. The molecular weight excluding hydrogens is 316 g/mol. The molecule has 0 atom stereocenters. The molecule has 126 valence electrons. The van der Waals surface area contributed by atoms with Crippen LogP contribution in [0.1, 0.15) is 19.8 Å². The average molecular weight is 338 g/mol. The van der Waals surface area contributed by atoms with Crippen LogP contribution >= 0.6 is 0 Å². The number of aromatic nitrogens is 3. The lowest BCUT2D eigenvalue weighted by molar-refractivity contribution is 0.310. The van der Waals surface area contributed by atoms with Gasteiger partial charge in [0, 0.05) is 38.9 Å². The SMILES string of the molecule is CCN(C)S(=O)(=O)NC1CC(N(C)c2ncnc3[nH]ccc23)C1. The van der Waals surface area contributed by atoms with Crippen molar-refractivity contribution in [1.29, 1.82) is 0 Å². The van der Waals surface area contributed by atoms with E-state index in [9.17, 15) is 8.42 Å². The van der Waals surface area contributed by atoms with Crippen molar-refractivity contribution < 1.29 is 8.42 Å². The van der Waals surface area contributed by atoms with E-state index in [4.69, 9.17) is 0 Å². The molecule has 2 heterocycles. The zero-order valence-corrected chi connectivity index (χ0v) is 14.3. The van der Waals surface area contributed by atoms with Crippen molar-refractivity contribution in [3.63, 3.8) is 0 Å². The molecule has 1 fully saturated rings. The van der Waals surface area contributed by atoms with Gasteiger partial charge in [0.1, 0.15) is 17.8 Å². The first-order valence-corrected chi connectivity index (χ1v) is 9.11. The van der Waals surface area contributed by atoms with Gasteiger partial charge >= 0.3 is 0 Å². The molecule has 0 radical (unpaired) electrons. The molecule has 3 rings (SSSR count). The molecule has 1 aliphatic rings. The van der Waals surface area contributed by atoms with Crippen molar-refractivity contribution in [3.8, 4) is 0 Å². The van der Waals surface area contributed by atoms with Crippen LogP contribution in [0, 0.1) is 0 Å². The third-order valence-electron chi connectivity index (χ3n) is 4.50. The minimum atomic E-state index is -3.38. The summed E-state index contributed by atoms with van der Waals surface area (Å²) in [5, 5.41) is 0.977. The maximum atomic E-state index is 12.0. The Balaban J connectivity index is 1.64. The highest BCUT2D eigenvalue weighted by Gasteiger charge is 2.36.